The molecule has 1 aliphatic heterocycles. The summed E-state index contributed by atoms with van der Waals surface area (Å²) in [7, 11) is 8.10. The predicted molar refractivity (Wildman–Crippen MR) is 119 cm³/mol. The summed E-state index contributed by atoms with van der Waals surface area (Å²) in [6, 6.07) is 8.39. The zero-order chi connectivity index (χ0) is 19.9. The molecule has 0 spiro atoms. The lowest BCUT2D eigenvalue weighted by molar-refractivity contribution is 0.142. The maximum Gasteiger partial charge on any atom is 0.185 e. The molecular weight excluding hydrogens is 368 g/mol. The van der Waals surface area contributed by atoms with Gasteiger partial charge in [-0.3, -0.25) is 0 Å². The van der Waals surface area contributed by atoms with Crippen LogP contribution in [0.3, 0.4) is 0 Å². The van der Waals surface area contributed by atoms with Crippen LogP contribution in [0.2, 0.25) is 0 Å². The van der Waals surface area contributed by atoms with Crippen LogP contribution in [0.1, 0.15) is 23.3 Å². The molecule has 0 N–H and O–H groups in total. The number of benzene rings is 1. The van der Waals surface area contributed by atoms with Crippen molar-refractivity contribution in [2.45, 2.75) is 25.8 Å². The van der Waals surface area contributed by atoms with Crippen LogP contribution in [0.25, 0.3) is 0 Å². The Morgan fingerprint density at radius 2 is 2.07 bits per heavy atom. The number of piperidine rings is 1. The zero-order valence-corrected chi connectivity index (χ0v) is 18.5. The largest absolute Gasteiger partial charge is 0.496 e. The van der Waals surface area contributed by atoms with Gasteiger partial charge in [-0.1, -0.05) is 18.2 Å². The van der Waals surface area contributed by atoms with Crippen molar-refractivity contribution < 1.29 is 4.74 Å². The molecule has 0 radical (unpaired) electrons. The Bertz CT molecular complexity index is 733. The van der Waals surface area contributed by atoms with E-state index in [1.54, 1.807) is 18.4 Å². The van der Waals surface area contributed by atoms with E-state index in [1.165, 1.54) is 36.4 Å². The molecule has 1 atom stereocenters. The first-order valence-corrected chi connectivity index (χ1v) is 11.0. The fourth-order valence-electron chi connectivity index (χ4n) is 4.04. The summed E-state index contributed by atoms with van der Waals surface area (Å²) in [6.45, 7) is 5.67. The van der Waals surface area contributed by atoms with E-state index in [1.807, 2.05) is 26.4 Å². The Morgan fingerprint density at radius 3 is 2.82 bits per heavy atom. The Labute approximate surface area is 173 Å². The van der Waals surface area contributed by atoms with E-state index < -0.39 is 0 Å². The van der Waals surface area contributed by atoms with Crippen molar-refractivity contribution >= 4 is 16.5 Å². The van der Waals surface area contributed by atoms with Gasteiger partial charge in [-0.05, 0) is 50.4 Å². The van der Waals surface area contributed by atoms with E-state index >= 15 is 0 Å². The number of thiazole rings is 1. The van der Waals surface area contributed by atoms with E-state index in [0.717, 1.165) is 42.9 Å². The molecule has 5 nitrogen and oxygen atoms in total. The fraction of sp³-hybridized carbons (Fsp3) is 0.591. The molecular formula is C22H34N4OS. The molecule has 1 aromatic heterocycles. The van der Waals surface area contributed by atoms with Crippen LogP contribution in [0.5, 0.6) is 5.75 Å². The standard InChI is InChI=1S/C22H34N4OS/c1-24(2)22-23-14-20(28-22)17-25(3)15-18-8-7-12-26(16-18)13-11-19-9-5-6-10-21(19)27-4/h5-6,9-10,14,18H,7-8,11-13,15-17H2,1-4H3/t18-/m0/s1. The second kappa shape index (κ2) is 10.2. The van der Waals surface area contributed by atoms with Crippen LogP contribution in [0.15, 0.2) is 30.5 Å². The Kier molecular flexibility index (Phi) is 7.71. The van der Waals surface area contributed by atoms with Crippen molar-refractivity contribution in [3.63, 3.8) is 0 Å². The Morgan fingerprint density at radius 1 is 1.25 bits per heavy atom. The van der Waals surface area contributed by atoms with Crippen LogP contribution in [0, 0.1) is 5.92 Å². The fourth-order valence-corrected chi connectivity index (χ4v) is 4.95. The molecule has 0 bridgehead atoms. The number of nitrogens with zero attached hydrogens (tertiary/aromatic N) is 4. The molecule has 2 aromatic rings. The summed E-state index contributed by atoms with van der Waals surface area (Å²) in [4.78, 5) is 13.0. The van der Waals surface area contributed by atoms with Gasteiger partial charge in [0.1, 0.15) is 5.75 Å². The number of ether oxygens (including phenoxy) is 1. The SMILES string of the molecule is COc1ccccc1CCN1CCC[C@@H](CN(C)Cc2cnc(N(C)C)s2)C1. The monoisotopic (exact) mass is 402 g/mol. The van der Waals surface area contributed by atoms with Crippen molar-refractivity contribution in [1.29, 1.82) is 0 Å². The quantitative estimate of drug-likeness (QED) is 0.640. The molecule has 0 unspecified atom stereocenters. The predicted octanol–water partition coefficient (Wildman–Crippen LogP) is 3.60. The Hall–Kier alpha value is -1.63. The summed E-state index contributed by atoms with van der Waals surface area (Å²) in [5.74, 6) is 1.76. The molecule has 0 amide bonds. The maximum absolute atomic E-state index is 5.50. The summed E-state index contributed by atoms with van der Waals surface area (Å²) in [5, 5.41) is 1.09. The van der Waals surface area contributed by atoms with Crippen molar-refractivity contribution in [3.8, 4) is 5.75 Å². The minimum atomic E-state index is 0.748. The van der Waals surface area contributed by atoms with Gasteiger partial charge in [0.05, 0.1) is 7.11 Å². The zero-order valence-electron chi connectivity index (χ0n) is 17.7. The molecule has 6 heteroatoms. The first-order valence-electron chi connectivity index (χ1n) is 10.2. The number of likely N-dealkylation sites (tertiary alicyclic amines) is 1. The van der Waals surface area contributed by atoms with Gasteiger partial charge in [-0.25, -0.2) is 4.98 Å². The lowest BCUT2D eigenvalue weighted by atomic mass is 9.97. The third-order valence-electron chi connectivity index (χ3n) is 5.41. The minimum Gasteiger partial charge on any atom is -0.496 e. The number of hydrogen-bond donors (Lipinski definition) is 0. The molecule has 0 aliphatic carbocycles. The van der Waals surface area contributed by atoms with Gasteiger partial charge in [0.2, 0.25) is 0 Å². The number of aromatic nitrogens is 1. The van der Waals surface area contributed by atoms with Gasteiger partial charge < -0.3 is 19.4 Å². The molecule has 154 valence electrons. The molecule has 3 rings (SSSR count). The number of anilines is 1. The van der Waals surface area contributed by atoms with E-state index in [4.69, 9.17) is 4.74 Å². The second-order valence-electron chi connectivity index (χ2n) is 8.07. The molecule has 1 fully saturated rings. The first-order chi connectivity index (χ1) is 13.5. The van der Waals surface area contributed by atoms with E-state index in [-0.39, 0.29) is 0 Å². The van der Waals surface area contributed by atoms with Gasteiger partial charge in [0.25, 0.3) is 0 Å². The van der Waals surface area contributed by atoms with Crippen molar-refractivity contribution in [3.05, 3.63) is 40.9 Å². The molecule has 1 aliphatic rings. The van der Waals surface area contributed by atoms with E-state index in [0.29, 0.717) is 0 Å². The van der Waals surface area contributed by atoms with Gasteiger partial charge in [-0.2, -0.15) is 0 Å². The van der Waals surface area contributed by atoms with E-state index in [9.17, 15) is 0 Å². The summed E-state index contributed by atoms with van der Waals surface area (Å²) < 4.78 is 5.50. The van der Waals surface area contributed by atoms with Crippen LogP contribution < -0.4 is 9.64 Å². The minimum absolute atomic E-state index is 0.748. The lowest BCUT2D eigenvalue weighted by Crippen LogP contribution is -2.40. The van der Waals surface area contributed by atoms with Crippen LogP contribution in [-0.4, -0.2) is 69.2 Å². The summed E-state index contributed by atoms with van der Waals surface area (Å²) in [5.41, 5.74) is 1.31. The smallest absolute Gasteiger partial charge is 0.185 e. The van der Waals surface area contributed by atoms with Gasteiger partial charge >= 0.3 is 0 Å². The van der Waals surface area contributed by atoms with Gasteiger partial charge in [-0.15, -0.1) is 11.3 Å². The van der Waals surface area contributed by atoms with Crippen molar-refractivity contribution in [2.75, 3.05) is 59.3 Å². The third kappa shape index (κ3) is 5.93. The number of para-hydroxylation sites is 1. The van der Waals surface area contributed by atoms with Crippen LogP contribution in [0.4, 0.5) is 5.13 Å². The molecule has 2 heterocycles. The number of rotatable bonds is 9. The topological polar surface area (TPSA) is 31.8 Å². The lowest BCUT2D eigenvalue weighted by Gasteiger charge is -2.34. The number of hydrogen-bond acceptors (Lipinski definition) is 6. The highest BCUT2D eigenvalue weighted by Gasteiger charge is 2.21. The van der Waals surface area contributed by atoms with Crippen LogP contribution in [-0.2, 0) is 13.0 Å². The summed E-state index contributed by atoms with van der Waals surface area (Å²) in [6.07, 6.45) is 5.72. The highest BCUT2D eigenvalue weighted by atomic mass is 32.1. The van der Waals surface area contributed by atoms with Crippen LogP contribution >= 0.6 is 11.3 Å². The van der Waals surface area contributed by atoms with Gasteiger partial charge in [0, 0.05) is 51.3 Å². The average molecular weight is 403 g/mol. The molecule has 28 heavy (non-hydrogen) atoms. The third-order valence-corrected chi connectivity index (χ3v) is 6.56. The molecule has 0 saturated carbocycles. The molecule has 1 saturated heterocycles. The van der Waals surface area contributed by atoms with Gasteiger partial charge in [0.15, 0.2) is 5.13 Å². The second-order valence-corrected chi connectivity index (χ2v) is 9.16. The van der Waals surface area contributed by atoms with Crippen molar-refractivity contribution in [2.24, 2.45) is 5.92 Å². The maximum atomic E-state index is 5.50. The normalized spacial score (nSPS) is 17.8. The highest BCUT2D eigenvalue weighted by Crippen LogP contribution is 2.24. The average Bonchev–Trinajstić information content (AvgIpc) is 3.15. The first kappa shape index (κ1) is 21.1. The summed E-state index contributed by atoms with van der Waals surface area (Å²) >= 11 is 1.79. The van der Waals surface area contributed by atoms with Crippen molar-refractivity contribution in [1.82, 2.24) is 14.8 Å². The highest BCUT2D eigenvalue weighted by molar-refractivity contribution is 7.15. The molecule has 1 aromatic carbocycles. The van der Waals surface area contributed by atoms with E-state index in [2.05, 4.69) is 44.9 Å². The number of methoxy groups -OCH3 is 1. The Balaban J connectivity index is 1.46.